The molecular weight excluding hydrogens is 267 g/mol. The van der Waals surface area contributed by atoms with E-state index >= 15 is 0 Å². The van der Waals surface area contributed by atoms with Crippen LogP contribution >= 0.6 is 0 Å². The number of amides is 1. The first-order valence-corrected chi connectivity index (χ1v) is 7.39. The van der Waals surface area contributed by atoms with Crippen molar-refractivity contribution in [3.63, 3.8) is 0 Å². The van der Waals surface area contributed by atoms with Gasteiger partial charge in [-0.05, 0) is 43.4 Å². The quantitative estimate of drug-likeness (QED) is 0.807. The molecule has 1 unspecified atom stereocenters. The summed E-state index contributed by atoms with van der Waals surface area (Å²) in [5.41, 5.74) is 6.05. The van der Waals surface area contributed by atoms with Crippen LogP contribution in [0.4, 0.5) is 4.39 Å². The molecule has 0 aliphatic carbocycles. The molecule has 112 valence electrons. The lowest BCUT2D eigenvalue weighted by Gasteiger charge is -2.21. The van der Waals surface area contributed by atoms with Crippen LogP contribution in [-0.4, -0.2) is 30.4 Å². The Labute approximate surface area is 125 Å². The molecule has 1 aromatic carbocycles. The minimum atomic E-state index is -0.490. The Morgan fingerprint density at radius 2 is 2.24 bits per heavy atom. The molecule has 3 nitrogen and oxygen atoms in total. The maximum atomic E-state index is 14.0. The molecule has 1 heterocycles. The summed E-state index contributed by atoms with van der Waals surface area (Å²) in [6.07, 6.45) is 3.06. The van der Waals surface area contributed by atoms with Gasteiger partial charge in [-0.15, -0.1) is 0 Å². The van der Waals surface area contributed by atoms with Gasteiger partial charge in [-0.2, -0.15) is 0 Å². The van der Waals surface area contributed by atoms with E-state index in [4.69, 9.17) is 5.73 Å². The molecule has 0 saturated carbocycles. The van der Waals surface area contributed by atoms with Gasteiger partial charge in [0.25, 0.3) is 5.91 Å². The van der Waals surface area contributed by atoms with Crippen molar-refractivity contribution in [1.29, 1.82) is 0 Å². The number of carbonyl (C=O) groups excluding carboxylic acids is 1. The van der Waals surface area contributed by atoms with Crippen molar-refractivity contribution in [2.75, 3.05) is 19.6 Å². The van der Waals surface area contributed by atoms with Crippen molar-refractivity contribution < 1.29 is 9.18 Å². The molecule has 1 aromatic rings. The number of carbonyl (C=O) groups is 1. The van der Waals surface area contributed by atoms with Crippen molar-refractivity contribution in [1.82, 2.24) is 4.90 Å². The van der Waals surface area contributed by atoms with Crippen LogP contribution < -0.4 is 5.73 Å². The fraction of sp³-hybridized carbons (Fsp3) is 0.471. The van der Waals surface area contributed by atoms with Crippen molar-refractivity contribution >= 4 is 5.91 Å². The molecule has 1 aliphatic heterocycles. The molecule has 1 atom stereocenters. The Bertz CT molecular complexity index is 574. The van der Waals surface area contributed by atoms with Crippen LogP contribution in [-0.2, 0) is 0 Å². The summed E-state index contributed by atoms with van der Waals surface area (Å²) >= 11 is 0. The Hall–Kier alpha value is -1.86. The number of halogens is 1. The zero-order valence-corrected chi connectivity index (χ0v) is 12.4. The maximum absolute atomic E-state index is 14.0. The third kappa shape index (κ3) is 4.05. The Balaban J connectivity index is 2.21. The average Bonchev–Trinajstić information content (AvgIpc) is 2.70. The van der Waals surface area contributed by atoms with Crippen LogP contribution in [0.2, 0.25) is 0 Å². The summed E-state index contributed by atoms with van der Waals surface area (Å²) in [6.45, 7) is 3.82. The Kier molecular flexibility index (Phi) is 5.35. The Morgan fingerprint density at radius 3 is 3.00 bits per heavy atom. The average molecular weight is 288 g/mol. The van der Waals surface area contributed by atoms with Gasteiger partial charge in [-0.3, -0.25) is 4.79 Å². The molecule has 0 aromatic heterocycles. The highest BCUT2D eigenvalue weighted by atomic mass is 19.1. The van der Waals surface area contributed by atoms with Crippen molar-refractivity contribution in [3.8, 4) is 11.8 Å². The predicted molar refractivity (Wildman–Crippen MR) is 81.3 cm³/mol. The molecule has 2 rings (SSSR count). The molecule has 4 heteroatoms. The second kappa shape index (κ2) is 7.24. The second-order valence-corrected chi connectivity index (χ2v) is 5.53. The van der Waals surface area contributed by atoms with Crippen molar-refractivity contribution in [2.45, 2.75) is 26.2 Å². The first-order valence-electron chi connectivity index (χ1n) is 7.39. The topological polar surface area (TPSA) is 46.3 Å². The highest BCUT2D eigenvalue weighted by molar-refractivity contribution is 5.94. The number of nitrogens with zero attached hydrogens (tertiary/aromatic N) is 1. The van der Waals surface area contributed by atoms with Crippen LogP contribution in [0.1, 0.15) is 42.1 Å². The zero-order valence-electron chi connectivity index (χ0n) is 12.4. The maximum Gasteiger partial charge on any atom is 0.256 e. The summed E-state index contributed by atoms with van der Waals surface area (Å²) in [4.78, 5) is 14.3. The van der Waals surface area contributed by atoms with E-state index in [1.807, 2.05) is 0 Å². The first kappa shape index (κ1) is 15.5. The van der Waals surface area contributed by atoms with E-state index in [-0.39, 0.29) is 18.0 Å². The number of nitrogens with two attached hydrogens (primary N) is 1. The molecule has 1 amide bonds. The van der Waals surface area contributed by atoms with E-state index in [0.29, 0.717) is 24.6 Å². The van der Waals surface area contributed by atoms with Crippen LogP contribution in [0.5, 0.6) is 0 Å². The lowest BCUT2D eigenvalue weighted by molar-refractivity contribution is 0.0755. The summed E-state index contributed by atoms with van der Waals surface area (Å²) in [6, 6.07) is 4.39. The SMILES string of the molecule is CC1CCCN(C(=O)c2cc(C#CCN)ccc2F)CC1. The van der Waals surface area contributed by atoms with Gasteiger partial charge in [0.15, 0.2) is 0 Å². The van der Waals surface area contributed by atoms with Crippen LogP contribution in [0.15, 0.2) is 18.2 Å². The van der Waals surface area contributed by atoms with Crippen LogP contribution in [0, 0.1) is 23.6 Å². The standard InChI is InChI=1S/C17H21FN2O/c1-13-4-3-10-20(11-8-13)17(21)15-12-14(5-2-9-19)6-7-16(15)18/h6-7,12-13H,3-4,8-11,19H2,1H3. The number of hydrogen-bond donors (Lipinski definition) is 1. The number of hydrogen-bond acceptors (Lipinski definition) is 2. The summed E-state index contributed by atoms with van der Waals surface area (Å²) in [5, 5.41) is 0. The highest BCUT2D eigenvalue weighted by Crippen LogP contribution is 2.19. The van der Waals surface area contributed by atoms with E-state index in [0.717, 1.165) is 19.3 Å². The van der Waals surface area contributed by atoms with E-state index in [1.165, 1.54) is 12.1 Å². The van der Waals surface area contributed by atoms with Crippen molar-refractivity contribution in [2.24, 2.45) is 11.7 Å². The van der Waals surface area contributed by atoms with Gasteiger partial charge < -0.3 is 10.6 Å². The van der Waals surface area contributed by atoms with E-state index in [9.17, 15) is 9.18 Å². The molecule has 21 heavy (non-hydrogen) atoms. The minimum absolute atomic E-state index is 0.105. The molecule has 1 aliphatic rings. The number of likely N-dealkylation sites (tertiary alicyclic amines) is 1. The van der Waals surface area contributed by atoms with Crippen LogP contribution in [0.25, 0.3) is 0 Å². The van der Waals surface area contributed by atoms with Gasteiger partial charge >= 0.3 is 0 Å². The van der Waals surface area contributed by atoms with Crippen LogP contribution in [0.3, 0.4) is 0 Å². The fourth-order valence-corrected chi connectivity index (χ4v) is 2.56. The molecular formula is C17H21FN2O. The molecule has 0 radical (unpaired) electrons. The van der Waals surface area contributed by atoms with Gasteiger partial charge in [-0.1, -0.05) is 18.8 Å². The highest BCUT2D eigenvalue weighted by Gasteiger charge is 2.22. The second-order valence-electron chi connectivity index (χ2n) is 5.53. The summed E-state index contributed by atoms with van der Waals surface area (Å²) in [5.74, 6) is 5.44. The van der Waals surface area contributed by atoms with Crippen molar-refractivity contribution in [3.05, 3.63) is 35.1 Å². The van der Waals surface area contributed by atoms with Gasteiger partial charge in [0.05, 0.1) is 12.1 Å². The molecule has 1 fully saturated rings. The largest absolute Gasteiger partial charge is 0.339 e. The summed E-state index contributed by atoms with van der Waals surface area (Å²) in [7, 11) is 0. The van der Waals surface area contributed by atoms with Gasteiger partial charge in [0.2, 0.25) is 0 Å². The van der Waals surface area contributed by atoms with E-state index < -0.39 is 5.82 Å². The fourth-order valence-electron chi connectivity index (χ4n) is 2.56. The minimum Gasteiger partial charge on any atom is -0.339 e. The monoisotopic (exact) mass is 288 g/mol. The number of rotatable bonds is 1. The normalized spacial score (nSPS) is 18.6. The van der Waals surface area contributed by atoms with Gasteiger partial charge in [0.1, 0.15) is 5.82 Å². The third-order valence-electron chi connectivity index (χ3n) is 3.84. The molecule has 1 saturated heterocycles. The molecule has 0 spiro atoms. The smallest absolute Gasteiger partial charge is 0.256 e. The van der Waals surface area contributed by atoms with E-state index in [1.54, 1.807) is 11.0 Å². The van der Waals surface area contributed by atoms with Gasteiger partial charge in [0, 0.05) is 18.7 Å². The number of benzene rings is 1. The lowest BCUT2D eigenvalue weighted by Crippen LogP contribution is -2.32. The first-order chi connectivity index (χ1) is 10.1. The zero-order chi connectivity index (χ0) is 15.2. The molecule has 2 N–H and O–H groups in total. The lowest BCUT2D eigenvalue weighted by atomic mass is 10.0. The summed E-state index contributed by atoms with van der Waals surface area (Å²) < 4.78 is 14.0. The van der Waals surface area contributed by atoms with E-state index in [2.05, 4.69) is 18.8 Å². The predicted octanol–water partition coefficient (Wildman–Crippen LogP) is 2.40. The Morgan fingerprint density at radius 1 is 1.43 bits per heavy atom. The van der Waals surface area contributed by atoms with Gasteiger partial charge in [-0.25, -0.2) is 4.39 Å². The molecule has 0 bridgehead atoms. The third-order valence-corrected chi connectivity index (χ3v) is 3.84.